The predicted molar refractivity (Wildman–Crippen MR) is 150 cm³/mol. The van der Waals surface area contributed by atoms with Crippen LogP contribution in [0.25, 0.3) is 11.0 Å². The standard InChI is InChI=1S/C31H28FN5O3/c1-2-40-26-17-15-23(16-18-26)30(31(39)33-20-22-9-4-3-5-10-22)37(25-12-8-11-24(32)19-25)29(38)21-36-28-14-7-6-13-27(28)34-35-36/h3-19,30H,2,20-21H2,1H3,(H,33,39)/t30-/m1/s1. The van der Waals surface area contributed by atoms with Gasteiger partial charge in [0.25, 0.3) is 0 Å². The van der Waals surface area contributed by atoms with Crippen LogP contribution in [-0.2, 0) is 22.7 Å². The van der Waals surface area contributed by atoms with Gasteiger partial charge >= 0.3 is 0 Å². The number of amides is 2. The third kappa shape index (κ3) is 5.99. The van der Waals surface area contributed by atoms with Crippen molar-refractivity contribution in [1.29, 1.82) is 0 Å². The normalized spacial score (nSPS) is 11.7. The second kappa shape index (κ2) is 12.2. The molecule has 0 aliphatic heterocycles. The third-order valence-electron chi connectivity index (χ3n) is 6.38. The van der Waals surface area contributed by atoms with Crippen LogP contribution in [0.15, 0.2) is 103 Å². The molecule has 1 aromatic heterocycles. The fourth-order valence-electron chi connectivity index (χ4n) is 4.51. The maximum Gasteiger partial charge on any atom is 0.249 e. The molecule has 5 rings (SSSR count). The number of carbonyl (C=O) groups is 2. The Hall–Kier alpha value is -5.05. The summed E-state index contributed by atoms with van der Waals surface area (Å²) in [6.07, 6.45) is 0. The first-order valence-electron chi connectivity index (χ1n) is 12.9. The van der Waals surface area contributed by atoms with Gasteiger partial charge in [0.2, 0.25) is 11.8 Å². The lowest BCUT2D eigenvalue weighted by Gasteiger charge is -2.31. The van der Waals surface area contributed by atoms with Crippen molar-refractivity contribution in [3.05, 3.63) is 120 Å². The zero-order valence-corrected chi connectivity index (χ0v) is 21.9. The van der Waals surface area contributed by atoms with E-state index in [-0.39, 0.29) is 18.8 Å². The average Bonchev–Trinajstić information content (AvgIpc) is 3.38. The molecule has 202 valence electrons. The molecule has 4 aromatic carbocycles. The lowest BCUT2D eigenvalue weighted by Crippen LogP contribution is -2.45. The van der Waals surface area contributed by atoms with E-state index in [0.717, 1.165) is 5.56 Å². The summed E-state index contributed by atoms with van der Waals surface area (Å²) in [7, 11) is 0. The minimum Gasteiger partial charge on any atom is -0.494 e. The van der Waals surface area contributed by atoms with E-state index < -0.39 is 23.7 Å². The molecule has 1 N–H and O–H groups in total. The highest BCUT2D eigenvalue weighted by atomic mass is 19.1. The van der Waals surface area contributed by atoms with Crippen molar-refractivity contribution in [2.75, 3.05) is 11.5 Å². The first kappa shape index (κ1) is 26.6. The van der Waals surface area contributed by atoms with Gasteiger partial charge in [0.1, 0.15) is 29.7 Å². The van der Waals surface area contributed by atoms with Gasteiger partial charge < -0.3 is 10.1 Å². The smallest absolute Gasteiger partial charge is 0.249 e. The molecule has 0 saturated heterocycles. The summed E-state index contributed by atoms with van der Waals surface area (Å²) in [4.78, 5) is 29.2. The van der Waals surface area contributed by atoms with Crippen molar-refractivity contribution in [2.45, 2.75) is 26.1 Å². The fraction of sp³-hybridized carbons (Fsp3) is 0.161. The summed E-state index contributed by atoms with van der Waals surface area (Å²) in [6.45, 7) is 2.41. The Morgan fingerprint density at radius 1 is 0.950 bits per heavy atom. The van der Waals surface area contributed by atoms with E-state index in [0.29, 0.717) is 29.0 Å². The number of hydrogen-bond donors (Lipinski definition) is 1. The topological polar surface area (TPSA) is 89.4 Å². The summed E-state index contributed by atoms with van der Waals surface area (Å²) in [5.41, 5.74) is 2.98. The largest absolute Gasteiger partial charge is 0.494 e. The number of rotatable bonds is 10. The molecule has 8 nitrogen and oxygen atoms in total. The van der Waals surface area contributed by atoms with Crippen molar-refractivity contribution in [2.24, 2.45) is 0 Å². The Labute approximate surface area is 231 Å². The van der Waals surface area contributed by atoms with Gasteiger partial charge in [0.15, 0.2) is 0 Å². The average molecular weight is 538 g/mol. The molecule has 1 atom stereocenters. The van der Waals surface area contributed by atoms with Crippen LogP contribution >= 0.6 is 0 Å². The van der Waals surface area contributed by atoms with E-state index in [1.165, 1.54) is 27.8 Å². The van der Waals surface area contributed by atoms with Crippen LogP contribution in [0.4, 0.5) is 10.1 Å². The van der Waals surface area contributed by atoms with E-state index in [1.807, 2.05) is 55.5 Å². The number of nitrogens with zero attached hydrogens (tertiary/aromatic N) is 4. The summed E-state index contributed by atoms with van der Waals surface area (Å²) in [5, 5.41) is 11.2. The molecule has 0 unspecified atom stereocenters. The third-order valence-corrected chi connectivity index (χ3v) is 6.38. The number of halogens is 1. The minimum absolute atomic E-state index is 0.212. The number of benzene rings is 4. The quantitative estimate of drug-likeness (QED) is 0.269. The fourth-order valence-corrected chi connectivity index (χ4v) is 4.51. The molecule has 2 amide bonds. The van der Waals surface area contributed by atoms with Gasteiger partial charge in [-0.25, -0.2) is 9.07 Å². The molecule has 0 radical (unpaired) electrons. The Bertz CT molecular complexity index is 1600. The number of fused-ring (bicyclic) bond motifs is 1. The lowest BCUT2D eigenvalue weighted by atomic mass is 10.0. The number of hydrogen-bond acceptors (Lipinski definition) is 5. The van der Waals surface area contributed by atoms with E-state index in [4.69, 9.17) is 4.74 Å². The Balaban J connectivity index is 1.55. The molecule has 0 aliphatic carbocycles. The maximum atomic E-state index is 14.5. The second-order valence-electron chi connectivity index (χ2n) is 9.09. The number of aromatic nitrogens is 3. The Morgan fingerprint density at radius 2 is 1.70 bits per heavy atom. The molecule has 0 aliphatic rings. The predicted octanol–water partition coefficient (Wildman–Crippen LogP) is 5.06. The molecule has 5 aromatic rings. The summed E-state index contributed by atoms with van der Waals surface area (Å²) in [5.74, 6) is -0.784. The number of nitrogens with one attached hydrogen (secondary N) is 1. The van der Waals surface area contributed by atoms with Gasteiger partial charge in [-0.1, -0.05) is 65.9 Å². The minimum atomic E-state index is -1.11. The van der Waals surface area contributed by atoms with E-state index in [2.05, 4.69) is 15.6 Å². The number of para-hydroxylation sites is 1. The SMILES string of the molecule is CCOc1ccc([C@H](C(=O)NCc2ccccc2)N(C(=O)Cn2nnc3ccccc32)c2cccc(F)c2)cc1. The van der Waals surface area contributed by atoms with Gasteiger partial charge in [-0.2, -0.15) is 0 Å². The van der Waals surface area contributed by atoms with Crippen LogP contribution in [0.5, 0.6) is 5.75 Å². The summed E-state index contributed by atoms with van der Waals surface area (Å²) in [6, 6.07) is 28.2. The molecule has 9 heteroatoms. The molecule has 0 spiro atoms. The molecule has 0 bridgehead atoms. The molecule has 1 heterocycles. The van der Waals surface area contributed by atoms with Gasteiger partial charge in [-0.05, 0) is 60.5 Å². The van der Waals surface area contributed by atoms with Crippen molar-refractivity contribution >= 4 is 28.5 Å². The first-order valence-corrected chi connectivity index (χ1v) is 12.9. The Morgan fingerprint density at radius 3 is 2.45 bits per heavy atom. The van der Waals surface area contributed by atoms with Crippen molar-refractivity contribution in [3.8, 4) is 5.75 Å². The van der Waals surface area contributed by atoms with Crippen LogP contribution in [0, 0.1) is 5.82 Å². The summed E-state index contributed by atoms with van der Waals surface area (Å²) >= 11 is 0. The lowest BCUT2D eigenvalue weighted by molar-refractivity contribution is -0.127. The van der Waals surface area contributed by atoms with Crippen LogP contribution in [0.2, 0.25) is 0 Å². The highest BCUT2D eigenvalue weighted by Gasteiger charge is 2.33. The van der Waals surface area contributed by atoms with Gasteiger partial charge in [-0.3, -0.25) is 14.5 Å². The molecular formula is C31H28FN5O3. The van der Waals surface area contributed by atoms with Gasteiger partial charge in [0, 0.05) is 12.2 Å². The van der Waals surface area contributed by atoms with Crippen LogP contribution < -0.4 is 15.0 Å². The summed E-state index contributed by atoms with van der Waals surface area (Å²) < 4.78 is 21.5. The van der Waals surface area contributed by atoms with Crippen molar-refractivity contribution in [3.63, 3.8) is 0 Å². The molecular weight excluding hydrogens is 509 g/mol. The Kier molecular flexibility index (Phi) is 8.10. The number of ether oxygens (including phenoxy) is 1. The number of carbonyl (C=O) groups excluding carboxylic acids is 2. The van der Waals surface area contributed by atoms with E-state index >= 15 is 0 Å². The van der Waals surface area contributed by atoms with Gasteiger partial charge in [-0.15, -0.1) is 5.10 Å². The van der Waals surface area contributed by atoms with Crippen LogP contribution in [0.1, 0.15) is 24.1 Å². The van der Waals surface area contributed by atoms with Crippen LogP contribution in [0.3, 0.4) is 0 Å². The first-order chi connectivity index (χ1) is 19.5. The number of anilines is 1. The maximum absolute atomic E-state index is 14.5. The zero-order chi connectivity index (χ0) is 27.9. The molecule has 0 saturated carbocycles. The highest BCUT2D eigenvalue weighted by Crippen LogP contribution is 2.30. The zero-order valence-electron chi connectivity index (χ0n) is 21.9. The van der Waals surface area contributed by atoms with E-state index in [9.17, 15) is 14.0 Å². The van der Waals surface area contributed by atoms with E-state index in [1.54, 1.807) is 36.4 Å². The molecule has 0 fully saturated rings. The van der Waals surface area contributed by atoms with Gasteiger partial charge in [0.05, 0.1) is 12.1 Å². The monoisotopic (exact) mass is 537 g/mol. The second-order valence-corrected chi connectivity index (χ2v) is 9.09. The van der Waals surface area contributed by atoms with Crippen molar-refractivity contribution < 1.29 is 18.7 Å². The molecule has 40 heavy (non-hydrogen) atoms. The highest BCUT2D eigenvalue weighted by molar-refractivity contribution is 6.01. The van der Waals surface area contributed by atoms with Crippen LogP contribution in [-0.4, -0.2) is 33.4 Å². The van der Waals surface area contributed by atoms with Crippen molar-refractivity contribution in [1.82, 2.24) is 20.3 Å².